The number of thioether (sulfide) groups is 1. The molecular formula is C27H28F2N2OS. The van der Waals surface area contributed by atoms with Gasteiger partial charge in [0, 0.05) is 36.6 Å². The molecule has 3 nitrogen and oxygen atoms in total. The van der Waals surface area contributed by atoms with Gasteiger partial charge in [0.25, 0.3) is 5.91 Å². The molecule has 1 heterocycles. The zero-order chi connectivity index (χ0) is 23.5. The summed E-state index contributed by atoms with van der Waals surface area (Å²) in [6, 6.07) is 17.4. The number of piperazine rings is 1. The summed E-state index contributed by atoms with van der Waals surface area (Å²) in [5.74, 6) is -0.305. The Kier molecular flexibility index (Phi) is 7.03. The van der Waals surface area contributed by atoms with Crippen LogP contribution in [0.4, 0.5) is 14.5 Å². The van der Waals surface area contributed by atoms with E-state index in [9.17, 15) is 13.6 Å². The lowest BCUT2D eigenvalue weighted by molar-refractivity contribution is 0.0747. The van der Waals surface area contributed by atoms with E-state index < -0.39 is 0 Å². The van der Waals surface area contributed by atoms with Crippen LogP contribution >= 0.6 is 11.8 Å². The van der Waals surface area contributed by atoms with Gasteiger partial charge in [0.1, 0.15) is 11.6 Å². The van der Waals surface area contributed by atoms with Crippen molar-refractivity contribution in [3.05, 3.63) is 83.4 Å². The summed E-state index contributed by atoms with van der Waals surface area (Å²) >= 11 is 1.58. The lowest BCUT2D eigenvalue weighted by Crippen LogP contribution is -2.49. The molecule has 0 radical (unpaired) electrons. The third-order valence-corrected chi connectivity index (χ3v) is 6.88. The number of carbonyl (C=O) groups is 1. The van der Waals surface area contributed by atoms with E-state index >= 15 is 0 Å². The monoisotopic (exact) mass is 466 g/mol. The Morgan fingerprint density at radius 2 is 1.61 bits per heavy atom. The molecule has 1 aliphatic rings. The van der Waals surface area contributed by atoms with Crippen LogP contribution in [0.15, 0.2) is 65.6 Å². The van der Waals surface area contributed by atoms with Gasteiger partial charge in [-0.15, -0.1) is 11.8 Å². The maximum absolute atomic E-state index is 14.7. The fourth-order valence-corrected chi connectivity index (χ4v) is 4.61. The molecule has 1 amide bonds. The molecule has 1 saturated heterocycles. The van der Waals surface area contributed by atoms with Crippen molar-refractivity contribution < 1.29 is 13.6 Å². The molecule has 0 unspecified atom stereocenters. The van der Waals surface area contributed by atoms with Crippen LogP contribution in [0, 0.1) is 11.6 Å². The average Bonchev–Trinajstić information content (AvgIpc) is 2.84. The quantitative estimate of drug-likeness (QED) is 0.404. The standard InChI is InChI=1S/C27H28F2N2OS/c1-18(2)20-6-11-26(25(29)16-20)30-12-14-31(15-13-30)27(32)24-17-22(33-3)9-10-23(24)19-4-7-21(28)8-5-19/h4-11,16-18H,12-15H2,1-3H3. The second-order valence-electron chi connectivity index (χ2n) is 8.56. The Morgan fingerprint density at radius 1 is 0.909 bits per heavy atom. The highest BCUT2D eigenvalue weighted by Crippen LogP contribution is 2.30. The van der Waals surface area contributed by atoms with Crippen LogP contribution in [0.25, 0.3) is 11.1 Å². The average molecular weight is 467 g/mol. The first-order chi connectivity index (χ1) is 15.9. The van der Waals surface area contributed by atoms with Crippen LogP contribution in [-0.4, -0.2) is 43.2 Å². The van der Waals surface area contributed by atoms with E-state index in [0.717, 1.165) is 21.6 Å². The molecule has 0 aliphatic carbocycles. The van der Waals surface area contributed by atoms with E-state index in [1.54, 1.807) is 30.0 Å². The topological polar surface area (TPSA) is 23.6 Å². The van der Waals surface area contributed by atoms with E-state index in [1.807, 2.05) is 60.2 Å². The van der Waals surface area contributed by atoms with Crippen LogP contribution in [0.2, 0.25) is 0 Å². The molecule has 6 heteroatoms. The van der Waals surface area contributed by atoms with Crippen LogP contribution in [-0.2, 0) is 0 Å². The summed E-state index contributed by atoms with van der Waals surface area (Å²) in [6.07, 6.45) is 1.97. The molecule has 33 heavy (non-hydrogen) atoms. The van der Waals surface area contributed by atoms with Crippen molar-refractivity contribution in [3.8, 4) is 11.1 Å². The fourth-order valence-electron chi connectivity index (χ4n) is 4.17. The van der Waals surface area contributed by atoms with Gasteiger partial charge < -0.3 is 9.80 Å². The predicted molar refractivity (Wildman–Crippen MR) is 132 cm³/mol. The zero-order valence-corrected chi connectivity index (χ0v) is 20.0. The third-order valence-electron chi connectivity index (χ3n) is 6.16. The second kappa shape index (κ2) is 9.96. The van der Waals surface area contributed by atoms with Crippen LogP contribution in [0.5, 0.6) is 0 Å². The minimum Gasteiger partial charge on any atom is -0.366 e. The summed E-state index contributed by atoms with van der Waals surface area (Å²) in [7, 11) is 0. The first kappa shape index (κ1) is 23.3. The second-order valence-corrected chi connectivity index (χ2v) is 9.44. The number of halogens is 2. The Balaban J connectivity index is 1.54. The summed E-state index contributed by atoms with van der Waals surface area (Å²) < 4.78 is 28.1. The Labute approximate surface area is 198 Å². The largest absolute Gasteiger partial charge is 0.366 e. The lowest BCUT2D eigenvalue weighted by Gasteiger charge is -2.36. The highest BCUT2D eigenvalue weighted by Gasteiger charge is 2.26. The molecule has 0 atom stereocenters. The van der Waals surface area contributed by atoms with Crippen LogP contribution in [0.1, 0.15) is 35.7 Å². The van der Waals surface area contributed by atoms with Crippen molar-refractivity contribution in [1.29, 1.82) is 0 Å². The molecule has 0 saturated carbocycles. The molecule has 3 aromatic rings. The van der Waals surface area contributed by atoms with Gasteiger partial charge in [-0.1, -0.05) is 38.1 Å². The zero-order valence-electron chi connectivity index (χ0n) is 19.1. The number of anilines is 1. The van der Waals surface area contributed by atoms with E-state index in [-0.39, 0.29) is 23.5 Å². The summed E-state index contributed by atoms with van der Waals surface area (Å²) in [6.45, 7) is 6.25. The van der Waals surface area contributed by atoms with E-state index in [1.165, 1.54) is 12.1 Å². The Hall–Kier alpha value is -2.86. The van der Waals surface area contributed by atoms with E-state index in [2.05, 4.69) is 0 Å². The first-order valence-corrected chi connectivity index (χ1v) is 12.4. The maximum Gasteiger partial charge on any atom is 0.254 e. The van der Waals surface area contributed by atoms with Gasteiger partial charge in [0.15, 0.2) is 0 Å². The Morgan fingerprint density at radius 3 is 2.21 bits per heavy atom. The number of carbonyl (C=O) groups excluding carboxylic acids is 1. The smallest absolute Gasteiger partial charge is 0.254 e. The number of nitrogens with zero attached hydrogens (tertiary/aromatic N) is 2. The molecule has 0 spiro atoms. The molecule has 1 fully saturated rings. The van der Waals surface area contributed by atoms with Crippen molar-refractivity contribution >= 4 is 23.4 Å². The molecule has 0 bridgehead atoms. The highest BCUT2D eigenvalue weighted by atomic mass is 32.2. The molecule has 172 valence electrons. The molecular weight excluding hydrogens is 438 g/mol. The normalized spacial score (nSPS) is 14.1. The lowest BCUT2D eigenvalue weighted by atomic mass is 9.98. The minimum atomic E-state index is -0.308. The van der Waals surface area contributed by atoms with Crippen molar-refractivity contribution in [2.75, 3.05) is 37.3 Å². The van der Waals surface area contributed by atoms with Gasteiger partial charge in [-0.3, -0.25) is 4.79 Å². The number of amides is 1. The summed E-state index contributed by atoms with van der Waals surface area (Å²) in [5.41, 5.74) is 3.76. The van der Waals surface area contributed by atoms with Gasteiger partial charge in [-0.25, -0.2) is 8.78 Å². The SMILES string of the molecule is CSc1ccc(-c2ccc(F)cc2)c(C(=O)N2CCN(c3ccc(C(C)C)cc3F)CC2)c1. The van der Waals surface area contributed by atoms with Gasteiger partial charge in [0.2, 0.25) is 0 Å². The predicted octanol–water partition coefficient (Wildman–Crippen LogP) is 6.44. The molecule has 4 rings (SSSR count). The van der Waals surface area contributed by atoms with Crippen molar-refractivity contribution in [2.24, 2.45) is 0 Å². The van der Waals surface area contributed by atoms with Crippen LogP contribution in [0.3, 0.4) is 0 Å². The van der Waals surface area contributed by atoms with E-state index in [4.69, 9.17) is 0 Å². The van der Waals surface area contributed by atoms with Crippen molar-refractivity contribution in [2.45, 2.75) is 24.7 Å². The number of hydrogen-bond acceptors (Lipinski definition) is 3. The molecule has 3 aromatic carbocycles. The van der Waals surface area contributed by atoms with E-state index in [0.29, 0.717) is 37.4 Å². The van der Waals surface area contributed by atoms with Gasteiger partial charge in [-0.2, -0.15) is 0 Å². The highest BCUT2D eigenvalue weighted by molar-refractivity contribution is 7.98. The summed E-state index contributed by atoms with van der Waals surface area (Å²) in [5, 5.41) is 0. The first-order valence-electron chi connectivity index (χ1n) is 11.1. The molecule has 0 aromatic heterocycles. The van der Waals surface area contributed by atoms with Crippen LogP contribution < -0.4 is 4.90 Å². The van der Waals surface area contributed by atoms with Crippen molar-refractivity contribution in [3.63, 3.8) is 0 Å². The molecule has 1 aliphatic heterocycles. The van der Waals surface area contributed by atoms with Gasteiger partial charge in [0.05, 0.1) is 5.69 Å². The van der Waals surface area contributed by atoms with Gasteiger partial charge >= 0.3 is 0 Å². The number of benzene rings is 3. The Bertz CT molecular complexity index is 1140. The summed E-state index contributed by atoms with van der Waals surface area (Å²) in [4.78, 5) is 18.3. The minimum absolute atomic E-state index is 0.0551. The number of rotatable bonds is 5. The maximum atomic E-state index is 14.7. The third kappa shape index (κ3) is 5.06. The van der Waals surface area contributed by atoms with Crippen molar-refractivity contribution in [1.82, 2.24) is 4.90 Å². The molecule has 0 N–H and O–H groups in total. The fraction of sp³-hybridized carbons (Fsp3) is 0.296. The number of hydrogen-bond donors (Lipinski definition) is 0. The van der Waals surface area contributed by atoms with Gasteiger partial charge in [-0.05, 0) is 65.3 Å².